The Hall–Kier alpha value is -0.760. The lowest BCUT2D eigenvalue weighted by atomic mass is 9.95. The Morgan fingerprint density at radius 1 is 1.25 bits per heavy atom. The number of sulfone groups is 1. The van der Waals surface area contributed by atoms with E-state index in [-0.39, 0.29) is 12.4 Å². The molecule has 0 unspecified atom stereocenters. The summed E-state index contributed by atoms with van der Waals surface area (Å²) in [4.78, 5) is 12.7. The van der Waals surface area contributed by atoms with Crippen LogP contribution in [0.15, 0.2) is 24.3 Å². The van der Waals surface area contributed by atoms with Gasteiger partial charge in [0.1, 0.15) is 0 Å². The highest BCUT2D eigenvalue weighted by Gasteiger charge is 2.48. The molecule has 0 atom stereocenters. The number of rotatable bonds is 6. The Kier molecular flexibility index (Phi) is 8.05. The molecule has 0 aliphatic carbocycles. The van der Waals surface area contributed by atoms with E-state index in [1.807, 2.05) is 24.3 Å². The Labute approximate surface area is 154 Å². The summed E-state index contributed by atoms with van der Waals surface area (Å²) in [6.45, 7) is 1.07. The van der Waals surface area contributed by atoms with E-state index in [1.54, 1.807) is 11.8 Å². The molecule has 24 heavy (non-hydrogen) atoms. The fraction of sp³-hybridized carbons (Fsp3) is 0.562. The fourth-order valence-corrected chi connectivity index (χ4v) is 4.59. The van der Waals surface area contributed by atoms with Crippen LogP contribution in [-0.4, -0.2) is 50.4 Å². The molecule has 1 saturated heterocycles. The molecule has 0 bridgehead atoms. The molecule has 0 saturated carbocycles. The van der Waals surface area contributed by atoms with Crippen molar-refractivity contribution in [3.05, 3.63) is 29.8 Å². The van der Waals surface area contributed by atoms with Crippen molar-refractivity contribution in [1.29, 1.82) is 0 Å². The van der Waals surface area contributed by atoms with E-state index in [4.69, 9.17) is 0 Å². The molecule has 0 aromatic heterocycles. The highest BCUT2D eigenvalue weighted by atomic mass is 35.5. The molecular formula is C16H25ClN2O3S2. The number of benzene rings is 1. The topological polar surface area (TPSA) is 75.3 Å². The van der Waals surface area contributed by atoms with Gasteiger partial charge in [-0.05, 0) is 62.1 Å². The molecule has 1 amide bonds. The Balaban J connectivity index is 0.00000288. The van der Waals surface area contributed by atoms with Gasteiger partial charge in [-0.3, -0.25) is 4.79 Å². The van der Waals surface area contributed by atoms with Crippen LogP contribution in [-0.2, 0) is 21.1 Å². The van der Waals surface area contributed by atoms with E-state index in [9.17, 15) is 13.2 Å². The van der Waals surface area contributed by atoms with Crippen LogP contribution >= 0.6 is 24.2 Å². The number of nitrogens with one attached hydrogen (secondary N) is 2. The van der Waals surface area contributed by atoms with Gasteiger partial charge in [-0.1, -0.05) is 12.1 Å². The minimum absolute atomic E-state index is 0. The lowest BCUT2D eigenvalue weighted by Gasteiger charge is -2.34. The number of thioether (sulfide) groups is 1. The normalized spacial score (nSPS) is 16.9. The standard InChI is InChI=1S/C16H24N2O3S2.ClH/c1-22-12-7-13-3-5-14(6-4-13)18-15(19)16(23(2,20)21)8-10-17-11-9-16;/h3-6,17H,7-12H2,1-2H3,(H,18,19);1H. The maximum absolute atomic E-state index is 12.7. The Morgan fingerprint density at radius 3 is 2.33 bits per heavy atom. The summed E-state index contributed by atoms with van der Waals surface area (Å²) in [6.07, 6.45) is 4.82. The van der Waals surface area contributed by atoms with Gasteiger partial charge in [0.05, 0.1) is 0 Å². The number of aryl methyl sites for hydroxylation is 1. The van der Waals surface area contributed by atoms with Gasteiger partial charge >= 0.3 is 0 Å². The van der Waals surface area contributed by atoms with Crippen LogP contribution in [0.5, 0.6) is 0 Å². The maximum atomic E-state index is 12.7. The van der Waals surface area contributed by atoms with Crippen LogP contribution in [0, 0.1) is 0 Å². The third kappa shape index (κ3) is 4.88. The fourth-order valence-electron chi connectivity index (χ4n) is 2.82. The lowest BCUT2D eigenvalue weighted by Crippen LogP contribution is -2.55. The first kappa shape index (κ1) is 21.3. The number of carbonyl (C=O) groups excluding carboxylic acids is 1. The first-order chi connectivity index (χ1) is 10.9. The molecule has 5 nitrogen and oxygen atoms in total. The van der Waals surface area contributed by atoms with Crippen molar-refractivity contribution in [3.63, 3.8) is 0 Å². The van der Waals surface area contributed by atoms with Crippen molar-refractivity contribution >= 4 is 45.6 Å². The van der Waals surface area contributed by atoms with E-state index >= 15 is 0 Å². The minimum atomic E-state index is -3.48. The van der Waals surface area contributed by atoms with Gasteiger partial charge in [0.25, 0.3) is 0 Å². The largest absolute Gasteiger partial charge is 0.325 e. The molecule has 2 N–H and O–H groups in total. The van der Waals surface area contributed by atoms with Gasteiger partial charge in [0, 0.05) is 11.9 Å². The number of carbonyl (C=O) groups is 1. The predicted octanol–water partition coefficient (Wildman–Crippen LogP) is 2.12. The highest BCUT2D eigenvalue weighted by Crippen LogP contribution is 2.29. The minimum Gasteiger partial charge on any atom is -0.325 e. The summed E-state index contributed by atoms with van der Waals surface area (Å²) in [5.41, 5.74) is 1.85. The average Bonchev–Trinajstić information content (AvgIpc) is 2.54. The van der Waals surface area contributed by atoms with Crippen molar-refractivity contribution in [2.75, 3.05) is 36.7 Å². The number of hydrogen-bond acceptors (Lipinski definition) is 5. The van der Waals surface area contributed by atoms with Crippen molar-refractivity contribution < 1.29 is 13.2 Å². The number of amides is 1. The summed E-state index contributed by atoms with van der Waals surface area (Å²) in [7, 11) is -3.48. The van der Waals surface area contributed by atoms with Crippen LogP contribution in [0.3, 0.4) is 0 Å². The third-order valence-electron chi connectivity index (χ3n) is 4.34. The molecule has 1 aliphatic rings. The lowest BCUT2D eigenvalue weighted by molar-refractivity contribution is -0.119. The first-order valence-corrected chi connectivity index (χ1v) is 11.0. The van der Waals surface area contributed by atoms with Crippen molar-refractivity contribution in [2.45, 2.75) is 24.0 Å². The molecule has 0 radical (unpaired) electrons. The number of piperidine rings is 1. The Bertz CT molecular complexity index is 642. The summed E-state index contributed by atoms with van der Waals surface area (Å²) >= 11 is 1.79. The van der Waals surface area contributed by atoms with Gasteiger partial charge in [0.2, 0.25) is 5.91 Å². The average molecular weight is 393 g/mol. The molecule has 2 rings (SSSR count). The number of halogens is 1. The molecule has 1 fully saturated rings. The molecule has 0 spiro atoms. The van der Waals surface area contributed by atoms with Crippen LogP contribution in [0.2, 0.25) is 0 Å². The van der Waals surface area contributed by atoms with Crippen molar-refractivity contribution in [1.82, 2.24) is 5.32 Å². The van der Waals surface area contributed by atoms with Gasteiger partial charge in [0.15, 0.2) is 14.6 Å². The smallest absolute Gasteiger partial charge is 0.245 e. The molecule has 1 heterocycles. The van der Waals surface area contributed by atoms with E-state index in [2.05, 4.69) is 16.9 Å². The van der Waals surface area contributed by atoms with Gasteiger partial charge in [-0.25, -0.2) is 8.42 Å². The zero-order valence-electron chi connectivity index (χ0n) is 14.0. The van der Waals surface area contributed by atoms with E-state index in [0.29, 0.717) is 31.6 Å². The van der Waals surface area contributed by atoms with Gasteiger partial charge in [-0.2, -0.15) is 11.8 Å². The second-order valence-corrected chi connectivity index (χ2v) is 9.22. The quantitative estimate of drug-likeness (QED) is 0.775. The molecule has 1 aliphatic heterocycles. The summed E-state index contributed by atoms with van der Waals surface area (Å²) in [6, 6.07) is 7.62. The van der Waals surface area contributed by atoms with E-state index in [0.717, 1.165) is 18.4 Å². The third-order valence-corrected chi connectivity index (χ3v) is 6.97. The SMILES string of the molecule is CSCCc1ccc(NC(=O)C2(S(C)(=O)=O)CCNCC2)cc1.Cl. The van der Waals surface area contributed by atoms with Crippen LogP contribution in [0.25, 0.3) is 0 Å². The Morgan fingerprint density at radius 2 is 1.83 bits per heavy atom. The molecule has 136 valence electrons. The van der Waals surface area contributed by atoms with E-state index in [1.165, 1.54) is 5.56 Å². The highest BCUT2D eigenvalue weighted by molar-refractivity contribution is 7.98. The molecular weight excluding hydrogens is 368 g/mol. The summed E-state index contributed by atoms with van der Waals surface area (Å²) in [5, 5.41) is 5.90. The molecule has 1 aromatic carbocycles. The number of anilines is 1. The van der Waals surface area contributed by atoms with E-state index < -0.39 is 20.5 Å². The molecule has 1 aromatic rings. The summed E-state index contributed by atoms with van der Waals surface area (Å²) in [5.74, 6) is 0.633. The van der Waals surface area contributed by atoms with Crippen molar-refractivity contribution in [2.24, 2.45) is 0 Å². The second kappa shape index (κ2) is 9.08. The number of hydrogen-bond donors (Lipinski definition) is 2. The van der Waals surface area contributed by atoms with Crippen molar-refractivity contribution in [3.8, 4) is 0 Å². The van der Waals surface area contributed by atoms with Gasteiger partial charge in [-0.15, -0.1) is 12.4 Å². The van der Waals surface area contributed by atoms with Gasteiger partial charge < -0.3 is 10.6 Å². The zero-order chi connectivity index (χ0) is 16.9. The summed E-state index contributed by atoms with van der Waals surface area (Å²) < 4.78 is 23.1. The van der Waals surface area contributed by atoms with Crippen LogP contribution in [0.1, 0.15) is 18.4 Å². The van der Waals surface area contributed by atoms with Crippen LogP contribution in [0.4, 0.5) is 5.69 Å². The van der Waals surface area contributed by atoms with Crippen LogP contribution < -0.4 is 10.6 Å². The zero-order valence-corrected chi connectivity index (χ0v) is 16.5. The maximum Gasteiger partial charge on any atom is 0.245 e. The predicted molar refractivity (Wildman–Crippen MR) is 104 cm³/mol. The monoisotopic (exact) mass is 392 g/mol. The second-order valence-electron chi connectivity index (χ2n) is 5.91. The molecule has 8 heteroatoms. The first-order valence-electron chi connectivity index (χ1n) is 7.69.